The van der Waals surface area contributed by atoms with E-state index in [1.165, 1.54) is 0 Å². The number of aryl methyl sites for hydroxylation is 1. The molecule has 5 heteroatoms. The molecule has 0 saturated heterocycles. The monoisotopic (exact) mass is 268 g/mol. The van der Waals surface area contributed by atoms with Crippen LogP contribution in [0.4, 0.5) is 0 Å². The highest BCUT2D eigenvalue weighted by Gasteiger charge is 2.10. The molecular formula is C14H9ClN4. The number of rotatable bonds is 1. The van der Waals surface area contributed by atoms with Gasteiger partial charge in [0.05, 0.1) is 17.3 Å². The van der Waals surface area contributed by atoms with Crippen molar-refractivity contribution in [1.29, 1.82) is 5.26 Å². The van der Waals surface area contributed by atoms with E-state index in [0.29, 0.717) is 5.56 Å². The zero-order valence-electron chi connectivity index (χ0n) is 10.1. The first kappa shape index (κ1) is 11.7. The fourth-order valence-corrected chi connectivity index (χ4v) is 2.29. The molecule has 2 heterocycles. The second-order valence-electron chi connectivity index (χ2n) is 4.21. The van der Waals surface area contributed by atoms with Crippen molar-refractivity contribution in [2.75, 3.05) is 0 Å². The molecule has 0 bridgehead atoms. The minimum absolute atomic E-state index is 0.225. The Morgan fingerprint density at radius 3 is 2.89 bits per heavy atom. The maximum absolute atomic E-state index is 8.95. The first-order chi connectivity index (χ1) is 9.19. The highest BCUT2D eigenvalue weighted by atomic mass is 35.5. The van der Waals surface area contributed by atoms with Crippen LogP contribution in [0.2, 0.25) is 5.28 Å². The lowest BCUT2D eigenvalue weighted by Gasteiger charge is -1.99. The van der Waals surface area contributed by atoms with E-state index in [-0.39, 0.29) is 5.28 Å². The van der Waals surface area contributed by atoms with Gasteiger partial charge in [0.2, 0.25) is 5.28 Å². The number of nitrogens with zero attached hydrogens (tertiary/aromatic N) is 4. The topological polar surface area (TPSA) is 54.5 Å². The molecule has 0 fully saturated rings. The van der Waals surface area contributed by atoms with Crippen molar-refractivity contribution < 1.29 is 0 Å². The van der Waals surface area contributed by atoms with Crippen LogP contribution in [0.25, 0.3) is 22.2 Å². The minimum atomic E-state index is 0.225. The van der Waals surface area contributed by atoms with Gasteiger partial charge in [-0.05, 0) is 29.8 Å². The molecule has 0 aliphatic rings. The zero-order chi connectivity index (χ0) is 13.4. The maximum atomic E-state index is 8.95. The lowest BCUT2D eigenvalue weighted by molar-refractivity contribution is 0.969. The predicted octanol–water partition coefficient (Wildman–Crippen LogP) is 3.16. The molecule has 92 valence electrons. The molecule has 0 atom stereocenters. The number of fused-ring (bicyclic) bond motifs is 1. The summed E-state index contributed by atoms with van der Waals surface area (Å²) in [6.07, 6.45) is 3.61. The average Bonchev–Trinajstić information content (AvgIpc) is 2.76. The summed E-state index contributed by atoms with van der Waals surface area (Å²) in [6, 6.07) is 9.56. The van der Waals surface area contributed by atoms with Gasteiger partial charge in [-0.25, -0.2) is 9.97 Å². The normalized spacial score (nSPS) is 10.6. The molecule has 19 heavy (non-hydrogen) atoms. The second-order valence-corrected chi connectivity index (χ2v) is 4.55. The third kappa shape index (κ3) is 1.94. The van der Waals surface area contributed by atoms with Gasteiger partial charge >= 0.3 is 0 Å². The first-order valence-corrected chi connectivity index (χ1v) is 6.05. The van der Waals surface area contributed by atoms with Crippen LogP contribution < -0.4 is 0 Å². The number of hydrogen-bond acceptors (Lipinski definition) is 3. The van der Waals surface area contributed by atoms with Crippen molar-refractivity contribution in [3.8, 4) is 17.3 Å². The largest absolute Gasteiger partial charge is 0.350 e. The van der Waals surface area contributed by atoms with E-state index in [2.05, 4.69) is 16.0 Å². The van der Waals surface area contributed by atoms with Gasteiger partial charge < -0.3 is 4.57 Å². The predicted molar refractivity (Wildman–Crippen MR) is 73.7 cm³/mol. The van der Waals surface area contributed by atoms with Crippen molar-refractivity contribution >= 4 is 22.5 Å². The molecule has 3 aromatic rings. The minimum Gasteiger partial charge on any atom is -0.350 e. The Hall–Kier alpha value is -2.38. The van der Waals surface area contributed by atoms with Gasteiger partial charge in [-0.2, -0.15) is 5.26 Å². The number of benzene rings is 1. The molecule has 4 nitrogen and oxygen atoms in total. The average molecular weight is 269 g/mol. The van der Waals surface area contributed by atoms with Crippen molar-refractivity contribution in [2.24, 2.45) is 7.05 Å². The van der Waals surface area contributed by atoms with E-state index in [1.54, 1.807) is 12.3 Å². The third-order valence-electron chi connectivity index (χ3n) is 3.02. The van der Waals surface area contributed by atoms with E-state index < -0.39 is 0 Å². The summed E-state index contributed by atoms with van der Waals surface area (Å²) in [7, 11) is 1.94. The van der Waals surface area contributed by atoms with Crippen LogP contribution in [0.5, 0.6) is 0 Å². The van der Waals surface area contributed by atoms with Crippen LogP contribution in [-0.4, -0.2) is 14.5 Å². The van der Waals surface area contributed by atoms with Crippen molar-refractivity contribution in [2.45, 2.75) is 0 Å². The van der Waals surface area contributed by atoms with Crippen LogP contribution in [0.1, 0.15) is 5.56 Å². The summed E-state index contributed by atoms with van der Waals surface area (Å²) in [5, 5.41) is 10.2. The van der Waals surface area contributed by atoms with Crippen molar-refractivity contribution in [3.63, 3.8) is 0 Å². The Balaban J connectivity index is 2.29. The number of aromatic nitrogens is 3. The van der Waals surface area contributed by atoms with E-state index in [0.717, 1.165) is 22.2 Å². The lowest BCUT2D eigenvalue weighted by Crippen LogP contribution is -1.85. The first-order valence-electron chi connectivity index (χ1n) is 5.67. The Morgan fingerprint density at radius 2 is 2.16 bits per heavy atom. The maximum Gasteiger partial charge on any atom is 0.222 e. The summed E-state index contributed by atoms with van der Waals surface area (Å²) in [5.74, 6) is 0. The smallest absolute Gasteiger partial charge is 0.222 e. The third-order valence-corrected chi connectivity index (χ3v) is 3.20. The van der Waals surface area contributed by atoms with Crippen LogP contribution >= 0.6 is 11.6 Å². The molecule has 3 rings (SSSR count). The van der Waals surface area contributed by atoms with Crippen LogP contribution in [0.3, 0.4) is 0 Å². The van der Waals surface area contributed by atoms with Gasteiger partial charge in [0, 0.05) is 35.9 Å². The zero-order valence-corrected chi connectivity index (χ0v) is 10.9. The van der Waals surface area contributed by atoms with E-state index in [9.17, 15) is 0 Å². The molecule has 0 N–H and O–H groups in total. The standard InChI is InChI=1S/C14H9ClN4/c1-19-8-11(12-4-5-17-14(15)18-12)10-3-2-9(7-16)6-13(10)19/h2-6,8H,1H3. The molecule has 0 aliphatic heterocycles. The molecule has 0 amide bonds. The summed E-state index contributed by atoms with van der Waals surface area (Å²) in [6.45, 7) is 0. The van der Waals surface area contributed by atoms with Crippen LogP contribution in [0, 0.1) is 11.3 Å². The SMILES string of the molecule is Cn1cc(-c2ccnc(Cl)n2)c2ccc(C#N)cc21. The van der Waals surface area contributed by atoms with Crippen molar-refractivity contribution in [3.05, 3.63) is 47.5 Å². The summed E-state index contributed by atoms with van der Waals surface area (Å²) in [4.78, 5) is 8.11. The summed E-state index contributed by atoms with van der Waals surface area (Å²) < 4.78 is 1.97. The fourth-order valence-electron chi connectivity index (χ4n) is 2.14. The van der Waals surface area contributed by atoms with E-state index in [1.807, 2.05) is 36.0 Å². The molecule has 1 aromatic carbocycles. The van der Waals surface area contributed by atoms with Gasteiger partial charge in [-0.1, -0.05) is 6.07 Å². The fraction of sp³-hybridized carbons (Fsp3) is 0.0714. The van der Waals surface area contributed by atoms with E-state index in [4.69, 9.17) is 16.9 Å². The molecule has 2 aromatic heterocycles. The second kappa shape index (κ2) is 4.38. The van der Waals surface area contributed by atoms with Gasteiger partial charge in [0.1, 0.15) is 0 Å². The van der Waals surface area contributed by atoms with Gasteiger partial charge in [0.25, 0.3) is 0 Å². The van der Waals surface area contributed by atoms with E-state index >= 15 is 0 Å². The molecule has 0 unspecified atom stereocenters. The number of nitriles is 1. The quantitative estimate of drug-likeness (QED) is 0.637. The Bertz CT molecular complexity index is 814. The van der Waals surface area contributed by atoms with Gasteiger partial charge in [-0.3, -0.25) is 0 Å². The number of hydrogen-bond donors (Lipinski definition) is 0. The Morgan fingerprint density at radius 1 is 1.32 bits per heavy atom. The Kier molecular flexibility index (Phi) is 2.69. The highest BCUT2D eigenvalue weighted by molar-refractivity contribution is 6.28. The van der Waals surface area contributed by atoms with Crippen LogP contribution in [0.15, 0.2) is 36.7 Å². The molecule has 0 aliphatic carbocycles. The van der Waals surface area contributed by atoms with Crippen molar-refractivity contribution in [1.82, 2.24) is 14.5 Å². The van der Waals surface area contributed by atoms with Gasteiger partial charge in [-0.15, -0.1) is 0 Å². The molecule has 0 spiro atoms. The van der Waals surface area contributed by atoms with Gasteiger partial charge in [0.15, 0.2) is 0 Å². The Labute approximate surface area is 114 Å². The summed E-state index contributed by atoms with van der Waals surface area (Å²) in [5.41, 5.74) is 3.38. The lowest BCUT2D eigenvalue weighted by atomic mass is 10.1. The van der Waals surface area contributed by atoms with Crippen LogP contribution in [-0.2, 0) is 7.05 Å². The molecule has 0 radical (unpaired) electrons. The summed E-state index contributed by atoms with van der Waals surface area (Å²) >= 11 is 5.83. The number of halogens is 1. The molecule has 0 saturated carbocycles. The highest BCUT2D eigenvalue weighted by Crippen LogP contribution is 2.29. The molecular weight excluding hydrogens is 260 g/mol.